The van der Waals surface area contributed by atoms with E-state index in [1.807, 2.05) is 18.2 Å². The summed E-state index contributed by atoms with van der Waals surface area (Å²) in [6, 6.07) is 19.0. The third kappa shape index (κ3) is 2.47. The number of furan rings is 1. The lowest BCUT2D eigenvalue weighted by molar-refractivity contribution is 0.477. The molecule has 0 aliphatic heterocycles. The molecule has 1 aromatic heterocycles. The molecule has 3 aromatic rings. The van der Waals surface area contributed by atoms with Gasteiger partial charge in [-0.2, -0.15) is 0 Å². The molecule has 0 saturated heterocycles. The van der Waals surface area contributed by atoms with Gasteiger partial charge in [0.05, 0.1) is 6.04 Å². The number of aryl methyl sites for hydroxylation is 1. The fourth-order valence-corrected chi connectivity index (χ4v) is 2.49. The number of benzene rings is 2. The lowest BCUT2D eigenvalue weighted by Gasteiger charge is -2.16. The Kier molecular flexibility index (Phi) is 3.57. The van der Waals surface area contributed by atoms with Gasteiger partial charge in [0, 0.05) is 5.39 Å². The molecule has 0 spiro atoms. The van der Waals surface area contributed by atoms with Crippen LogP contribution in [0.3, 0.4) is 0 Å². The molecule has 2 nitrogen and oxygen atoms in total. The number of hydrogen-bond acceptors (Lipinski definition) is 2. The fraction of sp³-hybridized carbons (Fsp3) is 0.222. The molecular weight excluding hydrogens is 246 g/mol. The minimum absolute atomic E-state index is 0.105. The summed E-state index contributed by atoms with van der Waals surface area (Å²) in [4.78, 5) is 0. The van der Waals surface area contributed by atoms with E-state index >= 15 is 0 Å². The summed E-state index contributed by atoms with van der Waals surface area (Å²) in [5.41, 5.74) is 3.45. The van der Waals surface area contributed by atoms with E-state index in [1.54, 1.807) is 0 Å². The van der Waals surface area contributed by atoms with Gasteiger partial charge in [-0.3, -0.25) is 0 Å². The normalized spacial score (nSPS) is 12.7. The van der Waals surface area contributed by atoms with Gasteiger partial charge in [0.15, 0.2) is 0 Å². The summed E-state index contributed by atoms with van der Waals surface area (Å²) in [5, 5.41) is 4.65. The lowest BCUT2D eigenvalue weighted by Crippen LogP contribution is -2.21. The zero-order valence-corrected chi connectivity index (χ0v) is 11.9. The maximum atomic E-state index is 6.00. The van der Waals surface area contributed by atoms with E-state index in [1.165, 1.54) is 11.1 Å². The average molecular weight is 265 g/mol. The minimum atomic E-state index is 0.105. The van der Waals surface area contributed by atoms with E-state index in [0.29, 0.717) is 0 Å². The van der Waals surface area contributed by atoms with Crippen LogP contribution in [-0.4, -0.2) is 6.54 Å². The highest BCUT2D eigenvalue weighted by Crippen LogP contribution is 2.28. The maximum Gasteiger partial charge on any atom is 0.134 e. The third-order valence-electron chi connectivity index (χ3n) is 3.55. The third-order valence-corrected chi connectivity index (χ3v) is 3.55. The molecule has 2 heteroatoms. The van der Waals surface area contributed by atoms with Gasteiger partial charge in [0.25, 0.3) is 0 Å². The van der Waals surface area contributed by atoms with Crippen molar-refractivity contribution in [2.75, 3.05) is 6.54 Å². The second-order valence-electron chi connectivity index (χ2n) is 5.09. The second-order valence-corrected chi connectivity index (χ2v) is 5.09. The zero-order chi connectivity index (χ0) is 13.9. The van der Waals surface area contributed by atoms with Crippen LogP contribution in [0.1, 0.15) is 29.9 Å². The van der Waals surface area contributed by atoms with Crippen LogP contribution in [-0.2, 0) is 0 Å². The van der Waals surface area contributed by atoms with E-state index in [0.717, 1.165) is 23.3 Å². The van der Waals surface area contributed by atoms with Crippen molar-refractivity contribution in [2.45, 2.75) is 19.9 Å². The smallest absolute Gasteiger partial charge is 0.134 e. The van der Waals surface area contributed by atoms with E-state index in [9.17, 15) is 0 Å². The Bertz CT molecular complexity index is 664. The van der Waals surface area contributed by atoms with Crippen molar-refractivity contribution >= 4 is 11.0 Å². The van der Waals surface area contributed by atoms with Crippen molar-refractivity contribution in [2.24, 2.45) is 0 Å². The summed E-state index contributed by atoms with van der Waals surface area (Å²) in [6.07, 6.45) is 0. The van der Waals surface area contributed by atoms with E-state index in [-0.39, 0.29) is 6.04 Å². The Labute approximate surface area is 119 Å². The van der Waals surface area contributed by atoms with Crippen molar-refractivity contribution in [3.8, 4) is 0 Å². The number of hydrogen-bond donors (Lipinski definition) is 1. The van der Waals surface area contributed by atoms with E-state index in [2.05, 4.69) is 55.6 Å². The zero-order valence-electron chi connectivity index (χ0n) is 11.9. The fourth-order valence-electron chi connectivity index (χ4n) is 2.49. The van der Waals surface area contributed by atoms with Crippen molar-refractivity contribution in [3.05, 3.63) is 71.5 Å². The molecule has 0 bridgehead atoms. The van der Waals surface area contributed by atoms with Crippen LogP contribution in [0.15, 0.2) is 59.0 Å². The molecule has 20 heavy (non-hydrogen) atoms. The number of rotatable bonds is 4. The number of fused-ring (bicyclic) bond motifs is 1. The Hall–Kier alpha value is -2.06. The van der Waals surface area contributed by atoms with Gasteiger partial charge in [-0.25, -0.2) is 0 Å². The Morgan fingerprint density at radius 1 is 1.05 bits per heavy atom. The molecule has 2 aromatic carbocycles. The molecule has 3 rings (SSSR count). The van der Waals surface area contributed by atoms with Gasteiger partial charge in [0.2, 0.25) is 0 Å². The molecule has 1 unspecified atom stereocenters. The molecule has 0 aliphatic rings. The highest BCUT2D eigenvalue weighted by molar-refractivity contribution is 5.77. The largest absolute Gasteiger partial charge is 0.459 e. The predicted octanol–water partition coefficient (Wildman–Crippen LogP) is 4.44. The van der Waals surface area contributed by atoms with Crippen LogP contribution < -0.4 is 5.32 Å². The van der Waals surface area contributed by atoms with Crippen LogP contribution in [0.2, 0.25) is 0 Å². The highest BCUT2D eigenvalue weighted by Gasteiger charge is 2.17. The molecule has 1 heterocycles. The molecular formula is C18H19NO. The quantitative estimate of drug-likeness (QED) is 0.754. The molecule has 1 atom stereocenters. The standard InChI is InChI=1S/C18H19NO/c1-3-19-18(14-10-8-13(2)9-11-14)17-12-15-6-4-5-7-16(15)20-17/h4-12,18-19H,3H2,1-2H3. The molecule has 0 amide bonds. The Morgan fingerprint density at radius 2 is 1.80 bits per heavy atom. The molecule has 0 aliphatic carbocycles. The van der Waals surface area contributed by atoms with Crippen molar-refractivity contribution in [3.63, 3.8) is 0 Å². The van der Waals surface area contributed by atoms with Crippen LogP contribution in [0, 0.1) is 6.92 Å². The van der Waals surface area contributed by atoms with Gasteiger partial charge in [-0.05, 0) is 31.2 Å². The van der Waals surface area contributed by atoms with Crippen LogP contribution in [0.25, 0.3) is 11.0 Å². The molecule has 0 fully saturated rings. The van der Waals surface area contributed by atoms with Gasteiger partial charge in [-0.1, -0.05) is 55.0 Å². The molecule has 0 saturated carbocycles. The molecule has 0 radical (unpaired) electrons. The Morgan fingerprint density at radius 3 is 2.50 bits per heavy atom. The summed E-state index contributed by atoms with van der Waals surface area (Å²) < 4.78 is 6.00. The minimum Gasteiger partial charge on any atom is -0.459 e. The second kappa shape index (κ2) is 5.51. The van der Waals surface area contributed by atoms with Gasteiger partial charge >= 0.3 is 0 Å². The first kappa shape index (κ1) is 12.9. The van der Waals surface area contributed by atoms with Crippen LogP contribution in [0.5, 0.6) is 0 Å². The van der Waals surface area contributed by atoms with Crippen molar-refractivity contribution in [1.29, 1.82) is 0 Å². The SMILES string of the molecule is CCNC(c1ccc(C)cc1)c1cc2ccccc2o1. The Balaban J connectivity index is 2.03. The topological polar surface area (TPSA) is 25.2 Å². The van der Waals surface area contributed by atoms with Gasteiger partial charge in [-0.15, -0.1) is 0 Å². The number of para-hydroxylation sites is 1. The summed E-state index contributed by atoms with van der Waals surface area (Å²) in [6.45, 7) is 5.12. The van der Waals surface area contributed by atoms with Gasteiger partial charge in [0.1, 0.15) is 11.3 Å². The van der Waals surface area contributed by atoms with Crippen LogP contribution >= 0.6 is 0 Å². The van der Waals surface area contributed by atoms with Crippen molar-refractivity contribution in [1.82, 2.24) is 5.32 Å². The summed E-state index contributed by atoms with van der Waals surface area (Å²) in [7, 11) is 0. The number of nitrogens with one attached hydrogen (secondary N) is 1. The van der Waals surface area contributed by atoms with E-state index < -0.39 is 0 Å². The molecule has 1 N–H and O–H groups in total. The predicted molar refractivity (Wildman–Crippen MR) is 82.9 cm³/mol. The van der Waals surface area contributed by atoms with Gasteiger partial charge < -0.3 is 9.73 Å². The summed E-state index contributed by atoms with van der Waals surface area (Å²) in [5.74, 6) is 0.969. The van der Waals surface area contributed by atoms with Crippen molar-refractivity contribution < 1.29 is 4.42 Å². The highest BCUT2D eigenvalue weighted by atomic mass is 16.3. The average Bonchev–Trinajstić information content (AvgIpc) is 2.89. The van der Waals surface area contributed by atoms with Crippen LogP contribution in [0.4, 0.5) is 0 Å². The first-order valence-electron chi connectivity index (χ1n) is 7.06. The lowest BCUT2D eigenvalue weighted by atomic mass is 10.0. The maximum absolute atomic E-state index is 6.00. The monoisotopic (exact) mass is 265 g/mol. The first-order valence-corrected chi connectivity index (χ1v) is 7.06. The summed E-state index contributed by atoms with van der Waals surface area (Å²) >= 11 is 0. The molecule has 102 valence electrons. The first-order chi connectivity index (χ1) is 9.78. The van der Waals surface area contributed by atoms with E-state index in [4.69, 9.17) is 4.42 Å².